The van der Waals surface area contributed by atoms with Crippen LogP contribution in [0.4, 0.5) is 24.7 Å². The molecular weight excluding hydrogens is 267 g/mol. The lowest BCUT2D eigenvalue weighted by Gasteiger charge is -2.16. The second-order valence-electron chi connectivity index (χ2n) is 4.62. The van der Waals surface area contributed by atoms with E-state index in [2.05, 4.69) is 4.98 Å². The van der Waals surface area contributed by atoms with Crippen molar-refractivity contribution in [1.82, 2.24) is 4.98 Å². The molecule has 6 heteroatoms. The van der Waals surface area contributed by atoms with E-state index in [1.165, 1.54) is 4.90 Å². The molecule has 2 N–H and O–H groups in total. The summed E-state index contributed by atoms with van der Waals surface area (Å²) in [5.74, 6) is 0.247. The Hall–Kier alpha value is -2.24. The van der Waals surface area contributed by atoms with E-state index < -0.39 is 11.7 Å². The Morgan fingerprint density at radius 2 is 1.80 bits per heavy atom. The normalized spacial score (nSPS) is 11.4. The molecule has 0 aliphatic rings. The maximum Gasteiger partial charge on any atom is 0.416 e. The van der Waals surface area contributed by atoms with Crippen LogP contribution in [-0.4, -0.2) is 19.1 Å². The van der Waals surface area contributed by atoms with E-state index in [4.69, 9.17) is 5.73 Å². The van der Waals surface area contributed by atoms with E-state index in [9.17, 15) is 13.2 Å². The number of benzene rings is 1. The van der Waals surface area contributed by atoms with Gasteiger partial charge in [0, 0.05) is 25.3 Å². The number of anilines is 2. The van der Waals surface area contributed by atoms with Gasteiger partial charge < -0.3 is 10.6 Å². The minimum Gasteiger partial charge on any atom is -0.399 e. The third-order valence-corrected chi connectivity index (χ3v) is 2.78. The van der Waals surface area contributed by atoms with Crippen molar-refractivity contribution < 1.29 is 13.2 Å². The number of pyridine rings is 1. The first-order chi connectivity index (χ1) is 9.27. The third-order valence-electron chi connectivity index (χ3n) is 2.78. The fourth-order valence-corrected chi connectivity index (χ4v) is 1.75. The summed E-state index contributed by atoms with van der Waals surface area (Å²) in [7, 11) is 3.29. The van der Waals surface area contributed by atoms with Gasteiger partial charge in [0.25, 0.3) is 0 Å². The van der Waals surface area contributed by atoms with Crippen LogP contribution in [0.15, 0.2) is 36.4 Å². The molecule has 1 aromatic carbocycles. The minimum atomic E-state index is -4.41. The molecule has 0 saturated heterocycles. The summed E-state index contributed by atoms with van der Waals surface area (Å²) in [4.78, 5) is 5.76. The van der Waals surface area contributed by atoms with Gasteiger partial charge in [0.2, 0.25) is 0 Å². The zero-order chi connectivity index (χ0) is 14.9. The highest BCUT2D eigenvalue weighted by molar-refractivity contribution is 5.66. The molecule has 0 aliphatic heterocycles. The molecule has 0 unspecified atom stereocenters. The SMILES string of the molecule is CN(C)c1cc(C(F)(F)F)cc(-c2cccc(N)c2)n1. The van der Waals surface area contributed by atoms with Crippen LogP contribution in [0.2, 0.25) is 0 Å². The third kappa shape index (κ3) is 3.01. The summed E-state index contributed by atoms with van der Waals surface area (Å²) in [5, 5.41) is 0. The van der Waals surface area contributed by atoms with Crippen LogP contribution in [-0.2, 0) is 6.18 Å². The molecule has 2 rings (SSSR count). The van der Waals surface area contributed by atoms with Gasteiger partial charge in [-0.2, -0.15) is 13.2 Å². The first-order valence-corrected chi connectivity index (χ1v) is 5.90. The van der Waals surface area contributed by atoms with Gasteiger partial charge in [0.05, 0.1) is 11.3 Å². The molecule has 20 heavy (non-hydrogen) atoms. The zero-order valence-corrected chi connectivity index (χ0v) is 11.1. The summed E-state index contributed by atoms with van der Waals surface area (Å²) in [6.07, 6.45) is -4.41. The lowest BCUT2D eigenvalue weighted by molar-refractivity contribution is -0.137. The van der Waals surface area contributed by atoms with Crippen molar-refractivity contribution in [2.24, 2.45) is 0 Å². The second-order valence-corrected chi connectivity index (χ2v) is 4.62. The van der Waals surface area contributed by atoms with Crippen molar-refractivity contribution in [3.8, 4) is 11.3 Å². The second kappa shape index (κ2) is 5.03. The fraction of sp³-hybridized carbons (Fsp3) is 0.214. The number of alkyl halides is 3. The summed E-state index contributed by atoms with van der Waals surface area (Å²) in [5.41, 5.74) is 6.21. The predicted molar refractivity (Wildman–Crippen MR) is 73.4 cm³/mol. The lowest BCUT2D eigenvalue weighted by atomic mass is 10.1. The summed E-state index contributed by atoms with van der Waals surface area (Å²) in [6, 6.07) is 8.68. The number of halogens is 3. The maximum absolute atomic E-state index is 12.9. The smallest absolute Gasteiger partial charge is 0.399 e. The Kier molecular flexibility index (Phi) is 3.57. The summed E-state index contributed by atoms with van der Waals surface area (Å²) < 4.78 is 38.8. The number of nitrogens with two attached hydrogens (primary N) is 1. The Labute approximate surface area is 114 Å². The summed E-state index contributed by atoms with van der Waals surface area (Å²) in [6.45, 7) is 0. The molecule has 0 fully saturated rings. The number of rotatable bonds is 2. The Bertz CT molecular complexity index is 621. The number of hydrogen-bond donors (Lipinski definition) is 1. The van der Waals surface area contributed by atoms with Crippen molar-refractivity contribution in [2.45, 2.75) is 6.18 Å². The average molecular weight is 281 g/mol. The molecule has 0 spiro atoms. The minimum absolute atomic E-state index is 0.246. The van der Waals surface area contributed by atoms with Crippen molar-refractivity contribution in [2.75, 3.05) is 24.7 Å². The molecule has 1 aromatic heterocycles. The van der Waals surface area contributed by atoms with Crippen LogP contribution in [0.3, 0.4) is 0 Å². The highest BCUT2D eigenvalue weighted by Crippen LogP contribution is 2.34. The van der Waals surface area contributed by atoms with Crippen molar-refractivity contribution >= 4 is 11.5 Å². The van der Waals surface area contributed by atoms with Gasteiger partial charge in [-0.15, -0.1) is 0 Å². The highest BCUT2D eigenvalue weighted by atomic mass is 19.4. The number of nitrogens with zero attached hydrogens (tertiary/aromatic N) is 2. The van der Waals surface area contributed by atoms with Crippen LogP contribution < -0.4 is 10.6 Å². The Morgan fingerprint density at radius 1 is 1.10 bits per heavy atom. The van der Waals surface area contributed by atoms with E-state index in [-0.39, 0.29) is 11.5 Å². The molecule has 0 saturated carbocycles. The molecule has 0 bridgehead atoms. The molecule has 0 aliphatic carbocycles. The molecule has 1 heterocycles. The zero-order valence-electron chi connectivity index (χ0n) is 11.1. The lowest BCUT2D eigenvalue weighted by Crippen LogP contribution is -2.14. The van der Waals surface area contributed by atoms with Crippen molar-refractivity contribution in [3.05, 3.63) is 42.0 Å². The number of nitrogen functional groups attached to an aromatic ring is 1. The summed E-state index contributed by atoms with van der Waals surface area (Å²) >= 11 is 0. The van der Waals surface area contributed by atoms with E-state index in [0.29, 0.717) is 11.3 Å². The fourth-order valence-electron chi connectivity index (χ4n) is 1.75. The van der Waals surface area contributed by atoms with Crippen molar-refractivity contribution in [1.29, 1.82) is 0 Å². The van der Waals surface area contributed by atoms with Gasteiger partial charge in [-0.05, 0) is 24.3 Å². The first kappa shape index (κ1) is 14.2. The molecule has 0 amide bonds. The van der Waals surface area contributed by atoms with Crippen LogP contribution in [0.1, 0.15) is 5.56 Å². The van der Waals surface area contributed by atoms with Crippen LogP contribution in [0, 0.1) is 0 Å². The molecule has 0 atom stereocenters. The van der Waals surface area contributed by atoms with E-state index in [1.807, 2.05) is 0 Å². The predicted octanol–water partition coefficient (Wildman–Crippen LogP) is 3.42. The highest BCUT2D eigenvalue weighted by Gasteiger charge is 2.32. The first-order valence-electron chi connectivity index (χ1n) is 5.90. The standard InChI is InChI=1S/C14H14F3N3/c1-20(2)13-8-10(14(15,16)17)7-12(19-13)9-4-3-5-11(18)6-9/h3-8H,18H2,1-2H3. The quantitative estimate of drug-likeness (QED) is 0.858. The van der Waals surface area contributed by atoms with Gasteiger partial charge in [-0.25, -0.2) is 4.98 Å². The van der Waals surface area contributed by atoms with Crippen LogP contribution in [0.25, 0.3) is 11.3 Å². The van der Waals surface area contributed by atoms with E-state index >= 15 is 0 Å². The Morgan fingerprint density at radius 3 is 2.35 bits per heavy atom. The Balaban J connectivity index is 2.61. The molecule has 106 valence electrons. The monoisotopic (exact) mass is 281 g/mol. The van der Waals surface area contributed by atoms with Gasteiger partial charge in [0.1, 0.15) is 5.82 Å². The molecule has 0 radical (unpaired) electrons. The van der Waals surface area contributed by atoms with Gasteiger partial charge >= 0.3 is 6.18 Å². The molecule has 3 nitrogen and oxygen atoms in total. The number of hydrogen-bond acceptors (Lipinski definition) is 3. The van der Waals surface area contributed by atoms with Crippen molar-refractivity contribution in [3.63, 3.8) is 0 Å². The van der Waals surface area contributed by atoms with Crippen LogP contribution in [0.5, 0.6) is 0 Å². The van der Waals surface area contributed by atoms with Crippen LogP contribution >= 0.6 is 0 Å². The van der Waals surface area contributed by atoms with E-state index in [1.54, 1.807) is 38.4 Å². The topological polar surface area (TPSA) is 42.1 Å². The molecular formula is C14H14F3N3. The molecule has 2 aromatic rings. The van der Waals surface area contributed by atoms with E-state index in [0.717, 1.165) is 12.1 Å². The maximum atomic E-state index is 12.9. The largest absolute Gasteiger partial charge is 0.416 e. The van der Waals surface area contributed by atoms with Gasteiger partial charge in [-0.1, -0.05) is 12.1 Å². The average Bonchev–Trinajstić information content (AvgIpc) is 2.37. The number of aromatic nitrogens is 1. The van der Waals surface area contributed by atoms with Gasteiger partial charge in [0.15, 0.2) is 0 Å². The van der Waals surface area contributed by atoms with Gasteiger partial charge in [-0.3, -0.25) is 0 Å².